The van der Waals surface area contributed by atoms with Gasteiger partial charge < -0.3 is 10.6 Å². The second kappa shape index (κ2) is 5.67. The lowest BCUT2D eigenvalue weighted by Gasteiger charge is -2.24. The molecule has 1 heterocycles. The molecule has 21 heavy (non-hydrogen) atoms. The van der Waals surface area contributed by atoms with E-state index in [0.29, 0.717) is 6.54 Å². The summed E-state index contributed by atoms with van der Waals surface area (Å²) in [5.74, 6) is -0.474. The van der Waals surface area contributed by atoms with E-state index in [0.717, 1.165) is 36.9 Å². The predicted molar refractivity (Wildman–Crippen MR) is 84.0 cm³/mol. The van der Waals surface area contributed by atoms with Crippen molar-refractivity contribution < 1.29 is 13.2 Å². The first kappa shape index (κ1) is 15.8. The number of carbonyl (C=O) groups is 1. The van der Waals surface area contributed by atoms with Crippen LogP contribution < -0.4 is 10.6 Å². The van der Waals surface area contributed by atoms with E-state index in [9.17, 15) is 13.2 Å². The van der Waals surface area contributed by atoms with E-state index in [1.165, 1.54) is 19.4 Å². The average Bonchev–Trinajstić information content (AvgIpc) is 2.43. The Morgan fingerprint density at radius 2 is 2.10 bits per heavy atom. The quantitative estimate of drug-likeness (QED) is 0.883. The van der Waals surface area contributed by atoms with Crippen molar-refractivity contribution in [2.45, 2.75) is 38.0 Å². The molecule has 116 valence electrons. The van der Waals surface area contributed by atoms with E-state index >= 15 is 0 Å². The van der Waals surface area contributed by atoms with Crippen molar-refractivity contribution in [2.75, 3.05) is 18.1 Å². The summed E-state index contributed by atoms with van der Waals surface area (Å²) in [4.78, 5) is 12.1. The molecular formula is C15H22N2O3S. The van der Waals surface area contributed by atoms with Crippen molar-refractivity contribution >= 4 is 21.4 Å². The van der Waals surface area contributed by atoms with Gasteiger partial charge in [-0.1, -0.05) is 18.2 Å². The third-order valence-electron chi connectivity index (χ3n) is 4.07. The number of hydrogen-bond donors (Lipinski definition) is 2. The van der Waals surface area contributed by atoms with Crippen LogP contribution in [0.1, 0.15) is 31.4 Å². The number of hydrogen-bond acceptors (Lipinski definition) is 4. The van der Waals surface area contributed by atoms with Crippen LogP contribution in [0.15, 0.2) is 18.2 Å². The van der Waals surface area contributed by atoms with Gasteiger partial charge in [0.1, 0.15) is 4.75 Å². The number of para-hydroxylation sites is 1. The minimum atomic E-state index is -3.45. The Morgan fingerprint density at radius 1 is 1.38 bits per heavy atom. The highest BCUT2D eigenvalue weighted by Gasteiger charge is 2.38. The molecule has 5 nitrogen and oxygen atoms in total. The van der Waals surface area contributed by atoms with Crippen molar-refractivity contribution in [3.05, 3.63) is 29.3 Å². The van der Waals surface area contributed by atoms with Crippen molar-refractivity contribution in [1.82, 2.24) is 5.32 Å². The van der Waals surface area contributed by atoms with E-state index in [2.05, 4.69) is 16.7 Å². The first-order valence-electron chi connectivity index (χ1n) is 7.06. The fraction of sp³-hybridized carbons (Fsp3) is 0.533. The molecule has 0 radical (unpaired) electrons. The van der Waals surface area contributed by atoms with Crippen LogP contribution >= 0.6 is 0 Å². The maximum absolute atomic E-state index is 12.1. The van der Waals surface area contributed by atoms with Crippen LogP contribution in [0.4, 0.5) is 5.69 Å². The number of fused-ring (bicyclic) bond motifs is 1. The number of anilines is 1. The van der Waals surface area contributed by atoms with Crippen LogP contribution in [0.5, 0.6) is 0 Å². The highest BCUT2D eigenvalue weighted by atomic mass is 32.2. The number of benzene rings is 1. The number of sulfone groups is 1. The molecule has 0 spiro atoms. The minimum Gasteiger partial charge on any atom is -0.385 e. The van der Waals surface area contributed by atoms with Gasteiger partial charge in [-0.2, -0.15) is 0 Å². The summed E-state index contributed by atoms with van der Waals surface area (Å²) in [6.45, 7) is 4.10. The van der Waals surface area contributed by atoms with Crippen LogP contribution in [0, 0.1) is 0 Å². The molecule has 1 aliphatic rings. The molecule has 1 aliphatic heterocycles. The van der Waals surface area contributed by atoms with E-state index in [1.807, 2.05) is 12.1 Å². The first-order valence-corrected chi connectivity index (χ1v) is 8.95. The average molecular weight is 310 g/mol. The molecule has 2 rings (SSSR count). The molecule has 0 saturated carbocycles. The topological polar surface area (TPSA) is 75.3 Å². The molecule has 0 atom stereocenters. The number of nitrogens with one attached hydrogen (secondary N) is 2. The van der Waals surface area contributed by atoms with E-state index < -0.39 is 20.5 Å². The Labute approximate surface area is 126 Å². The zero-order chi connectivity index (χ0) is 15.7. The zero-order valence-electron chi connectivity index (χ0n) is 12.7. The van der Waals surface area contributed by atoms with Crippen molar-refractivity contribution in [3.63, 3.8) is 0 Å². The predicted octanol–water partition coefficient (Wildman–Crippen LogP) is 1.48. The van der Waals surface area contributed by atoms with E-state index in [4.69, 9.17) is 0 Å². The Hall–Kier alpha value is -1.56. The SMILES string of the molecule is CC(C)(C(=O)NCc1cccc2c1NCCC2)S(C)(=O)=O. The van der Waals surface area contributed by atoms with Gasteiger partial charge in [0, 0.05) is 25.0 Å². The van der Waals surface area contributed by atoms with Gasteiger partial charge >= 0.3 is 0 Å². The van der Waals surface area contributed by atoms with Crippen LogP contribution in [0.2, 0.25) is 0 Å². The molecule has 2 N–H and O–H groups in total. The van der Waals surface area contributed by atoms with Crippen LogP contribution in [0.3, 0.4) is 0 Å². The summed E-state index contributed by atoms with van der Waals surface area (Å²) in [5.41, 5.74) is 3.31. The Balaban J connectivity index is 2.13. The van der Waals surface area contributed by atoms with Crippen molar-refractivity contribution in [2.24, 2.45) is 0 Å². The fourth-order valence-electron chi connectivity index (χ4n) is 2.29. The van der Waals surface area contributed by atoms with Gasteiger partial charge in [0.05, 0.1) is 0 Å². The number of amides is 1. The lowest BCUT2D eigenvalue weighted by molar-refractivity contribution is -0.123. The third-order valence-corrected chi connectivity index (χ3v) is 6.11. The second-order valence-corrected chi connectivity index (χ2v) is 8.51. The highest BCUT2D eigenvalue weighted by Crippen LogP contribution is 2.26. The normalized spacial score (nSPS) is 15.0. The third kappa shape index (κ3) is 3.20. The molecule has 1 aromatic carbocycles. The lowest BCUT2D eigenvalue weighted by atomic mass is 9.99. The van der Waals surface area contributed by atoms with Crippen LogP contribution in [-0.2, 0) is 27.6 Å². The summed E-state index contributed by atoms with van der Waals surface area (Å²) in [5, 5.41) is 6.09. The summed E-state index contributed by atoms with van der Waals surface area (Å²) in [7, 11) is -3.45. The summed E-state index contributed by atoms with van der Waals surface area (Å²) < 4.78 is 21.9. The number of carbonyl (C=O) groups excluding carboxylic acids is 1. The summed E-state index contributed by atoms with van der Waals surface area (Å²) in [6.07, 6.45) is 3.21. The van der Waals surface area contributed by atoms with Gasteiger partial charge in [-0.25, -0.2) is 8.42 Å². The first-order chi connectivity index (χ1) is 9.73. The van der Waals surface area contributed by atoms with Crippen LogP contribution in [-0.4, -0.2) is 31.9 Å². The largest absolute Gasteiger partial charge is 0.385 e. The van der Waals surface area contributed by atoms with Gasteiger partial charge in [-0.15, -0.1) is 0 Å². The smallest absolute Gasteiger partial charge is 0.241 e. The number of rotatable bonds is 4. The van der Waals surface area contributed by atoms with Crippen molar-refractivity contribution in [3.8, 4) is 0 Å². The molecule has 0 unspecified atom stereocenters. The maximum atomic E-state index is 12.1. The van der Waals surface area contributed by atoms with Gasteiger partial charge in [0.15, 0.2) is 9.84 Å². The Bertz CT molecular complexity index is 651. The molecular weight excluding hydrogens is 288 g/mol. The minimum absolute atomic E-state index is 0.327. The summed E-state index contributed by atoms with van der Waals surface area (Å²) in [6, 6.07) is 5.99. The van der Waals surface area contributed by atoms with Gasteiger partial charge in [-0.3, -0.25) is 4.79 Å². The van der Waals surface area contributed by atoms with Crippen molar-refractivity contribution in [1.29, 1.82) is 0 Å². The molecule has 1 amide bonds. The summed E-state index contributed by atoms with van der Waals surface area (Å²) >= 11 is 0. The molecule has 0 fully saturated rings. The van der Waals surface area contributed by atoms with Gasteiger partial charge in [0.25, 0.3) is 0 Å². The molecule has 0 bridgehead atoms. The highest BCUT2D eigenvalue weighted by molar-refractivity contribution is 7.92. The lowest BCUT2D eigenvalue weighted by Crippen LogP contribution is -2.47. The van der Waals surface area contributed by atoms with E-state index in [1.54, 1.807) is 0 Å². The fourth-order valence-corrected chi connectivity index (χ4v) is 2.69. The monoisotopic (exact) mass is 310 g/mol. The zero-order valence-corrected chi connectivity index (χ0v) is 13.5. The Morgan fingerprint density at radius 3 is 2.76 bits per heavy atom. The molecule has 0 saturated heterocycles. The molecule has 1 aromatic rings. The van der Waals surface area contributed by atoms with Crippen LogP contribution in [0.25, 0.3) is 0 Å². The molecule has 0 aromatic heterocycles. The maximum Gasteiger partial charge on any atom is 0.241 e. The molecule has 0 aliphatic carbocycles. The van der Waals surface area contributed by atoms with Gasteiger partial charge in [-0.05, 0) is 37.8 Å². The Kier molecular flexibility index (Phi) is 4.27. The standard InChI is InChI=1S/C15H22N2O3S/c1-15(2,21(3,19)20)14(18)17-10-12-7-4-6-11-8-5-9-16-13(11)12/h4,6-7,16H,5,8-10H2,1-3H3,(H,17,18). The van der Waals surface area contributed by atoms with E-state index in [-0.39, 0.29) is 0 Å². The second-order valence-electron chi connectivity index (χ2n) is 5.95. The van der Waals surface area contributed by atoms with Gasteiger partial charge in [0.2, 0.25) is 5.91 Å². The molecule has 6 heteroatoms. The number of aryl methyl sites for hydroxylation is 1.